The zero-order chi connectivity index (χ0) is 16.9. The van der Waals surface area contributed by atoms with Crippen molar-refractivity contribution in [1.82, 2.24) is 0 Å². The Morgan fingerprint density at radius 2 is 1.83 bits per heavy atom. The minimum Gasteiger partial charge on any atom is -0.462 e. The number of Topliss-reactive ketones (excluding diaryl/α,β-unsaturated/α-hetero) is 1. The van der Waals surface area contributed by atoms with Crippen LogP contribution in [-0.4, -0.2) is 17.9 Å². The van der Waals surface area contributed by atoms with Crippen molar-refractivity contribution in [2.45, 2.75) is 78.2 Å². The Balaban J connectivity index is 1.43. The quantitative estimate of drug-likeness (QED) is 0.679. The Hall–Kier alpha value is -0.860. The van der Waals surface area contributed by atoms with Gasteiger partial charge in [0.05, 0.1) is 0 Å². The minimum atomic E-state index is -0.123. The summed E-state index contributed by atoms with van der Waals surface area (Å²) in [6.45, 7) is 6.33. The lowest BCUT2D eigenvalue weighted by Crippen LogP contribution is -2.44. The summed E-state index contributed by atoms with van der Waals surface area (Å²) in [5.41, 5.74) is 0.853. The molecule has 132 valence electrons. The predicted molar refractivity (Wildman–Crippen MR) is 90.1 cm³/mol. The first kappa shape index (κ1) is 15.4. The zero-order valence-electron chi connectivity index (χ0n) is 15.3. The summed E-state index contributed by atoms with van der Waals surface area (Å²) in [6, 6.07) is 0. The van der Waals surface area contributed by atoms with Crippen LogP contribution in [-0.2, 0) is 14.3 Å². The van der Waals surface area contributed by atoms with Gasteiger partial charge in [0.15, 0.2) is 0 Å². The highest BCUT2D eigenvalue weighted by atomic mass is 16.5. The van der Waals surface area contributed by atoms with E-state index in [1.165, 1.54) is 32.1 Å². The van der Waals surface area contributed by atoms with Gasteiger partial charge < -0.3 is 4.74 Å². The Morgan fingerprint density at radius 3 is 2.50 bits per heavy atom. The Kier molecular flexibility index (Phi) is 2.86. The highest BCUT2D eigenvalue weighted by Crippen LogP contribution is 2.85. The molecule has 8 unspecified atom stereocenters. The third kappa shape index (κ3) is 1.52. The number of rotatable bonds is 1. The first-order valence-corrected chi connectivity index (χ1v) is 10.0. The zero-order valence-corrected chi connectivity index (χ0v) is 15.3. The summed E-state index contributed by atoms with van der Waals surface area (Å²) >= 11 is 0. The van der Waals surface area contributed by atoms with Crippen LogP contribution in [0.25, 0.3) is 0 Å². The van der Waals surface area contributed by atoms with Crippen LogP contribution in [0.3, 0.4) is 0 Å². The van der Waals surface area contributed by atoms with Gasteiger partial charge in [0, 0.05) is 24.7 Å². The molecule has 0 bridgehead atoms. The van der Waals surface area contributed by atoms with Crippen molar-refractivity contribution in [2.75, 3.05) is 0 Å². The third-order valence-corrected chi connectivity index (χ3v) is 9.56. The molecule has 5 aliphatic carbocycles. The van der Waals surface area contributed by atoms with E-state index in [1.54, 1.807) is 6.92 Å². The van der Waals surface area contributed by atoms with Gasteiger partial charge in [0.25, 0.3) is 0 Å². The lowest BCUT2D eigenvalue weighted by Gasteiger charge is -2.47. The first-order valence-electron chi connectivity index (χ1n) is 10.0. The second-order valence-corrected chi connectivity index (χ2v) is 9.99. The van der Waals surface area contributed by atoms with E-state index in [2.05, 4.69) is 13.8 Å². The van der Waals surface area contributed by atoms with Crippen LogP contribution in [0.2, 0.25) is 0 Å². The van der Waals surface area contributed by atoms with E-state index in [9.17, 15) is 9.59 Å². The lowest BCUT2D eigenvalue weighted by molar-refractivity contribution is -0.155. The van der Waals surface area contributed by atoms with Crippen molar-refractivity contribution in [1.29, 1.82) is 0 Å². The number of carbonyl (C=O) groups excluding carboxylic acids is 2. The molecular weight excluding hydrogens is 300 g/mol. The number of fused-ring (bicyclic) bond motifs is 7. The van der Waals surface area contributed by atoms with Gasteiger partial charge >= 0.3 is 5.97 Å². The summed E-state index contributed by atoms with van der Waals surface area (Å²) in [4.78, 5) is 24.0. The molecule has 0 saturated heterocycles. The Morgan fingerprint density at radius 1 is 1.04 bits per heavy atom. The maximum atomic E-state index is 12.5. The normalized spacial score (nSPS) is 57.6. The second-order valence-electron chi connectivity index (χ2n) is 9.99. The highest BCUT2D eigenvalue weighted by Gasteiger charge is 2.83. The molecule has 5 rings (SSSR count). The average molecular weight is 330 g/mol. The molecule has 0 aromatic carbocycles. The van der Waals surface area contributed by atoms with Crippen molar-refractivity contribution in [3.05, 3.63) is 0 Å². The molecule has 0 aromatic rings. The van der Waals surface area contributed by atoms with E-state index in [0.29, 0.717) is 28.4 Å². The number of ether oxygens (including phenoxy) is 1. The van der Waals surface area contributed by atoms with E-state index in [4.69, 9.17) is 4.74 Å². The molecule has 0 N–H and O–H groups in total. The summed E-state index contributed by atoms with van der Waals surface area (Å²) in [5, 5.41) is 0. The van der Waals surface area contributed by atoms with Crippen LogP contribution in [0.5, 0.6) is 0 Å². The van der Waals surface area contributed by atoms with Crippen LogP contribution in [0.15, 0.2) is 0 Å². The van der Waals surface area contributed by atoms with Gasteiger partial charge in [0.2, 0.25) is 0 Å². The first-order chi connectivity index (χ1) is 11.3. The lowest BCUT2D eigenvalue weighted by atomic mass is 9.58. The van der Waals surface area contributed by atoms with Crippen molar-refractivity contribution in [2.24, 2.45) is 39.9 Å². The topological polar surface area (TPSA) is 43.4 Å². The SMILES string of the molecule is CC(=O)OC1CCC2C3CCC4(C3CCC12C)C1C(=O)CCC14C. The summed E-state index contributed by atoms with van der Waals surface area (Å²) in [5.74, 6) is 3.04. The molecule has 5 fully saturated rings. The predicted octanol–water partition coefficient (Wildman–Crippen LogP) is 4.14. The summed E-state index contributed by atoms with van der Waals surface area (Å²) < 4.78 is 5.72. The molecule has 0 aliphatic heterocycles. The Labute approximate surface area is 144 Å². The van der Waals surface area contributed by atoms with Gasteiger partial charge in [-0.25, -0.2) is 0 Å². The molecule has 3 nitrogen and oxygen atoms in total. The van der Waals surface area contributed by atoms with Gasteiger partial charge in [-0.2, -0.15) is 0 Å². The van der Waals surface area contributed by atoms with E-state index in [1.807, 2.05) is 0 Å². The molecule has 24 heavy (non-hydrogen) atoms. The minimum absolute atomic E-state index is 0.119. The van der Waals surface area contributed by atoms with Gasteiger partial charge in [-0.15, -0.1) is 0 Å². The van der Waals surface area contributed by atoms with Gasteiger partial charge in [-0.3, -0.25) is 9.59 Å². The van der Waals surface area contributed by atoms with Crippen LogP contribution in [0.1, 0.15) is 72.1 Å². The number of hydrogen-bond donors (Lipinski definition) is 0. The monoisotopic (exact) mass is 330 g/mol. The smallest absolute Gasteiger partial charge is 0.302 e. The number of carbonyl (C=O) groups is 2. The van der Waals surface area contributed by atoms with E-state index < -0.39 is 0 Å². The molecule has 0 aromatic heterocycles. The molecule has 5 aliphatic rings. The van der Waals surface area contributed by atoms with Gasteiger partial charge in [0.1, 0.15) is 11.9 Å². The second kappa shape index (κ2) is 4.45. The molecule has 8 atom stereocenters. The van der Waals surface area contributed by atoms with Crippen molar-refractivity contribution in [3.8, 4) is 0 Å². The molecule has 0 amide bonds. The van der Waals surface area contributed by atoms with Crippen LogP contribution < -0.4 is 0 Å². The van der Waals surface area contributed by atoms with Gasteiger partial charge in [-0.1, -0.05) is 13.8 Å². The molecule has 3 heteroatoms. The van der Waals surface area contributed by atoms with Crippen LogP contribution in [0.4, 0.5) is 0 Å². The fraction of sp³-hybridized carbons (Fsp3) is 0.905. The standard InChI is InChI=1S/C21H30O3/c1-12(22)24-17-5-4-14-13-6-11-21(15(13)7-9-19(14,17)2)18-16(23)8-10-20(18,21)3/h13-15,17-18H,4-11H2,1-3H3. The highest BCUT2D eigenvalue weighted by molar-refractivity contribution is 5.90. The van der Waals surface area contributed by atoms with Crippen molar-refractivity contribution >= 4 is 11.8 Å². The van der Waals surface area contributed by atoms with Crippen molar-refractivity contribution < 1.29 is 14.3 Å². The van der Waals surface area contributed by atoms with Crippen molar-refractivity contribution in [3.63, 3.8) is 0 Å². The van der Waals surface area contributed by atoms with E-state index >= 15 is 0 Å². The third-order valence-electron chi connectivity index (χ3n) is 9.56. The molecular formula is C21H30O3. The number of esters is 1. The fourth-order valence-electron chi connectivity index (χ4n) is 8.67. The number of ketones is 1. The maximum Gasteiger partial charge on any atom is 0.302 e. The molecule has 0 heterocycles. The largest absolute Gasteiger partial charge is 0.462 e. The van der Waals surface area contributed by atoms with E-state index in [-0.39, 0.29) is 17.5 Å². The maximum absolute atomic E-state index is 12.5. The molecule has 5 saturated carbocycles. The molecule has 0 radical (unpaired) electrons. The summed E-state index contributed by atoms with van der Waals surface area (Å²) in [7, 11) is 0. The molecule has 1 spiro atoms. The van der Waals surface area contributed by atoms with Crippen LogP contribution >= 0.6 is 0 Å². The van der Waals surface area contributed by atoms with E-state index in [0.717, 1.165) is 31.1 Å². The van der Waals surface area contributed by atoms with Gasteiger partial charge in [-0.05, 0) is 73.5 Å². The van der Waals surface area contributed by atoms with Crippen LogP contribution in [0, 0.1) is 39.9 Å². The Bertz CT molecular complexity index is 627. The number of hydrogen-bond acceptors (Lipinski definition) is 3. The summed E-state index contributed by atoms with van der Waals surface area (Å²) in [6.07, 6.45) is 9.33. The average Bonchev–Trinajstić information content (AvgIpc) is 2.86. The fourth-order valence-corrected chi connectivity index (χ4v) is 8.67.